The highest BCUT2D eigenvalue weighted by Gasteiger charge is 2.36. The number of hydrogen-bond donors (Lipinski definition) is 6. The third kappa shape index (κ3) is 16.1. The maximum absolute atomic E-state index is 12.8. The third-order valence-electron chi connectivity index (χ3n) is 7.55. The molecule has 1 aliphatic rings. The molecule has 0 saturated carbocycles. The van der Waals surface area contributed by atoms with E-state index in [0.717, 1.165) is 6.42 Å². The van der Waals surface area contributed by atoms with Gasteiger partial charge in [-0.05, 0) is 58.4 Å². The highest BCUT2D eigenvalue weighted by Crippen LogP contribution is 2.20. The minimum absolute atomic E-state index is 0.0950. The van der Waals surface area contributed by atoms with Gasteiger partial charge in [0.05, 0.1) is 25.2 Å². The molecule has 16 nitrogen and oxygen atoms in total. The molecule has 6 N–H and O–H groups in total. The second-order valence-corrected chi connectivity index (χ2v) is 11.2. The number of Topliss-reactive ketones (excluding diaryl/α,β-unsaturated/α-hetero) is 1. The second-order valence-electron chi connectivity index (χ2n) is 11.2. The van der Waals surface area contributed by atoms with Gasteiger partial charge in [0, 0.05) is 39.0 Å². The fourth-order valence-electron chi connectivity index (χ4n) is 4.99. The molecule has 46 heavy (non-hydrogen) atoms. The Morgan fingerprint density at radius 3 is 2.20 bits per heavy atom. The van der Waals surface area contributed by atoms with Crippen molar-refractivity contribution in [1.82, 2.24) is 20.9 Å². The maximum atomic E-state index is 12.8. The highest BCUT2D eigenvalue weighted by molar-refractivity contribution is 5.88. The van der Waals surface area contributed by atoms with Crippen LogP contribution in [-0.4, -0.2) is 126 Å². The number of carboxylic acids is 3. The van der Waals surface area contributed by atoms with Crippen LogP contribution in [0.15, 0.2) is 0 Å². The molecule has 1 heterocycles. The Hall–Kier alpha value is -3.63. The Labute approximate surface area is 268 Å². The van der Waals surface area contributed by atoms with E-state index in [4.69, 9.17) is 9.47 Å². The second kappa shape index (κ2) is 22.8. The van der Waals surface area contributed by atoms with Gasteiger partial charge in [-0.3, -0.25) is 24.0 Å². The molecule has 0 bridgehead atoms. The van der Waals surface area contributed by atoms with Gasteiger partial charge in [-0.15, -0.1) is 0 Å². The summed E-state index contributed by atoms with van der Waals surface area (Å²) in [4.78, 5) is 85.5. The van der Waals surface area contributed by atoms with Crippen LogP contribution in [0.25, 0.3) is 0 Å². The topological polar surface area (TPSA) is 238 Å². The quantitative estimate of drug-likeness (QED) is 0.0681. The van der Waals surface area contributed by atoms with Crippen LogP contribution in [0.5, 0.6) is 0 Å². The van der Waals surface area contributed by atoms with Gasteiger partial charge in [-0.1, -0.05) is 6.92 Å². The number of ether oxygens (including phenoxy) is 2. The molecule has 0 aromatic carbocycles. The fourth-order valence-corrected chi connectivity index (χ4v) is 4.99. The minimum atomic E-state index is -1.35. The summed E-state index contributed by atoms with van der Waals surface area (Å²) in [6, 6.07) is -2.71. The van der Waals surface area contributed by atoms with E-state index in [0.29, 0.717) is 58.4 Å². The Kier molecular flexibility index (Phi) is 20.0. The molecule has 1 rings (SSSR count). The number of nitrogens with zero attached hydrogens (tertiary/aromatic N) is 1. The number of amides is 3. The van der Waals surface area contributed by atoms with Gasteiger partial charge in [-0.2, -0.15) is 0 Å². The standard InChI is InChI=1S/C30H50N4O12/c1-3-15-45-16-17-46-19-26(37)33-23(29(41)42)11-10-21(35)18-20(28(39)40)9-12-25(36)32-13-5-4-7-22(31-2)27(38)34-14-6-8-24(34)30(43)44/h20,22-24,31H,3-19H2,1-2H3,(H,32,36)(H,33,37)(H,39,40)(H,41,42)(H,43,44)/t20-,22+,23+,24?/m1/s1. The highest BCUT2D eigenvalue weighted by atomic mass is 16.5. The molecule has 0 aromatic rings. The average molecular weight is 659 g/mol. The van der Waals surface area contributed by atoms with Gasteiger partial charge in [0.1, 0.15) is 24.5 Å². The van der Waals surface area contributed by atoms with E-state index in [-0.39, 0.29) is 51.2 Å². The van der Waals surface area contributed by atoms with Crippen molar-refractivity contribution in [1.29, 1.82) is 0 Å². The van der Waals surface area contributed by atoms with Crippen LogP contribution in [-0.2, 0) is 43.0 Å². The molecule has 0 radical (unpaired) electrons. The summed E-state index contributed by atoms with van der Waals surface area (Å²) in [5, 5.41) is 36.2. The first-order valence-corrected chi connectivity index (χ1v) is 15.8. The summed E-state index contributed by atoms with van der Waals surface area (Å²) < 4.78 is 10.3. The van der Waals surface area contributed by atoms with E-state index in [9.17, 15) is 48.9 Å². The van der Waals surface area contributed by atoms with E-state index in [1.165, 1.54) is 4.90 Å². The molecule has 4 atom stereocenters. The number of ketones is 1. The molecule has 1 unspecified atom stereocenters. The number of aliphatic carboxylic acids is 3. The minimum Gasteiger partial charge on any atom is -0.481 e. The molecule has 262 valence electrons. The van der Waals surface area contributed by atoms with E-state index in [1.807, 2.05) is 6.92 Å². The zero-order chi connectivity index (χ0) is 34.5. The number of nitrogens with one attached hydrogen (secondary N) is 3. The van der Waals surface area contributed by atoms with Gasteiger partial charge in [-0.25, -0.2) is 9.59 Å². The Balaban J connectivity index is 2.36. The summed E-state index contributed by atoms with van der Waals surface area (Å²) in [5.74, 6) is -6.58. The lowest BCUT2D eigenvalue weighted by atomic mass is 9.94. The van der Waals surface area contributed by atoms with E-state index < -0.39 is 59.5 Å². The van der Waals surface area contributed by atoms with Crippen molar-refractivity contribution in [3.63, 3.8) is 0 Å². The Bertz CT molecular complexity index is 1020. The molecule has 0 aromatic heterocycles. The first kappa shape index (κ1) is 40.4. The summed E-state index contributed by atoms with van der Waals surface area (Å²) in [5.41, 5.74) is 0. The van der Waals surface area contributed by atoms with Crippen molar-refractivity contribution >= 4 is 41.4 Å². The molecule has 1 saturated heterocycles. The van der Waals surface area contributed by atoms with Gasteiger partial charge in [0.15, 0.2) is 0 Å². The van der Waals surface area contributed by atoms with E-state index in [2.05, 4.69) is 16.0 Å². The number of unbranched alkanes of at least 4 members (excludes halogenated alkanes) is 1. The van der Waals surface area contributed by atoms with Gasteiger partial charge in [0.25, 0.3) is 0 Å². The lowest BCUT2D eigenvalue weighted by Crippen LogP contribution is -2.49. The lowest BCUT2D eigenvalue weighted by molar-refractivity contribution is -0.149. The first-order valence-electron chi connectivity index (χ1n) is 15.8. The molecule has 0 aliphatic carbocycles. The van der Waals surface area contributed by atoms with Crippen LogP contribution in [0.3, 0.4) is 0 Å². The van der Waals surface area contributed by atoms with Crippen LogP contribution in [0.1, 0.15) is 77.6 Å². The number of carbonyl (C=O) groups is 7. The maximum Gasteiger partial charge on any atom is 0.326 e. The fraction of sp³-hybridized carbons (Fsp3) is 0.767. The summed E-state index contributed by atoms with van der Waals surface area (Å²) in [7, 11) is 1.63. The zero-order valence-corrected chi connectivity index (χ0v) is 26.8. The Morgan fingerprint density at radius 2 is 1.57 bits per heavy atom. The van der Waals surface area contributed by atoms with Gasteiger partial charge >= 0.3 is 17.9 Å². The molecule has 0 spiro atoms. The number of rotatable bonds is 26. The summed E-state index contributed by atoms with van der Waals surface area (Å²) in [6.07, 6.45) is 2.36. The van der Waals surface area contributed by atoms with Crippen molar-refractivity contribution in [2.75, 3.05) is 46.6 Å². The first-order chi connectivity index (χ1) is 21.9. The van der Waals surface area contributed by atoms with Crippen molar-refractivity contribution in [2.24, 2.45) is 5.92 Å². The largest absolute Gasteiger partial charge is 0.481 e. The zero-order valence-electron chi connectivity index (χ0n) is 26.8. The molecule has 1 fully saturated rings. The predicted octanol–water partition coefficient (Wildman–Crippen LogP) is 0.170. The number of carboxylic acid groups (broad SMARTS) is 3. The third-order valence-corrected chi connectivity index (χ3v) is 7.55. The number of hydrogen-bond acceptors (Lipinski definition) is 10. The summed E-state index contributed by atoms with van der Waals surface area (Å²) >= 11 is 0. The summed E-state index contributed by atoms with van der Waals surface area (Å²) in [6.45, 7) is 3.28. The van der Waals surface area contributed by atoms with Crippen molar-refractivity contribution < 1.29 is 58.4 Å². The van der Waals surface area contributed by atoms with Gasteiger partial charge < -0.3 is 45.6 Å². The molecular weight excluding hydrogens is 608 g/mol. The SMILES string of the molecule is CCCOCCOCC(=O)N[C@@H](CCC(=O)C[C@@H](CCC(=O)NCCCC[C@H](NC)C(=O)N1CCCC1C(=O)O)C(=O)O)C(=O)O. The lowest BCUT2D eigenvalue weighted by Gasteiger charge is -2.26. The normalized spacial score (nSPS) is 16.3. The Morgan fingerprint density at radius 1 is 0.848 bits per heavy atom. The van der Waals surface area contributed by atoms with Crippen LogP contribution in [0.2, 0.25) is 0 Å². The van der Waals surface area contributed by atoms with Crippen molar-refractivity contribution in [2.45, 2.75) is 95.7 Å². The smallest absolute Gasteiger partial charge is 0.326 e. The predicted molar refractivity (Wildman–Crippen MR) is 163 cm³/mol. The monoisotopic (exact) mass is 658 g/mol. The van der Waals surface area contributed by atoms with E-state index in [1.54, 1.807) is 7.05 Å². The van der Waals surface area contributed by atoms with Crippen LogP contribution >= 0.6 is 0 Å². The van der Waals surface area contributed by atoms with Crippen LogP contribution in [0.4, 0.5) is 0 Å². The van der Waals surface area contributed by atoms with Crippen LogP contribution < -0.4 is 16.0 Å². The molecular formula is C30H50N4O12. The van der Waals surface area contributed by atoms with Crippen molar-refractivity contribution in [3.8, 4) is 0 Å². The molecule has 16 heteroatoms. The molecule has 3 amide bonds. The van der Waals surface area contributed by atoms with Crippen molar-refractivity contribution in [3.05, 3.63) is 0 Å². The average Bonchev–Trinajstić information content (AvgIpc) is 3.51. The number of likely N-dealkylation sites (tertiary alicyclic amines) is 1. The molecule has 1 aliphatic heterocycles. The number of likely N-dealkylation sites (N-methyl/N-ethyl adjacent to an activating group) is 1. The van der Waals surface area contributed by atoms with Gasteiger partial charge in [0.2, 0.25) is 17.7 Å². The van der Waals surface area contributed by atoms with Crippen LogP contribution in [0, 0.1) is 5.92 Å². The number of carbonyl (C=O) groups excluding carboxylic acids is 4. The van der Waals surface area contributed by atoms with E-state index >= 15 is 0 Å².